The van der Waals surface area contributed by atoms with E-state index in [4.69, 9.17) is 92.8 Å². The molecule has 0 radical (unpaired) electrons. The number of fused-ring (bicyclic) bond motifs is 4. The normalized spacial score (nSPS) is 63.6. The second kappa shape index (κ2) is 2.98. The molecular formula is C12H8Cl8. The van der Waals surface area contributed by atoms with Crippen molar-refractivity contribution in [1.82, 2.24) is 0 Å². The van der Waals surface area contributed by atoms with Gasteiger partial charge in [0.15, 0.2) is 0 Å². The van der Waals surface area contributed by atoms with Crippen molar-refractivity contribution in [3.63, 3.8) is 0 Å². The second-order valence-corrected chi connectivity index (χ2v) is 13.1. The van der Waals surface area contributed by atoms with E-state index in [2.05, 4.69) is 0 Å². The Morgan fingerprint density at radius 3 is 0.500 bits per heavy atom. The van der Waals surface area contributed by atoms with Gasteiger partial charge in [0.1, 0.15) is 17.3 Å². The fourth-order valence-corrected chi connectivity index (χ4v) is 10.4. The summed E-state index contributed by atoms with van der Waals surface area (Å²) in [6, 6.07) is 0. The van der Waals surface area contributed by atoms with Crippen LogP contribution in [-0.2, 0) is 0 Å². The van der Waals surface area contributed by atoms with Gasteiger partial charge in [-0.25, -0.2) is 0 Å². The molecule has 0 amide bonds. The minimum absolute atomic E-state index is 0.464. The summed E-state index contributed by atoms with van der Waals surface area (Å²) in [6.45, 7) is 0. The molecule has 0 aliphatic heterocycles. The fraction of sp³-hybridized carbons (Fsp3) is 1.00. The monoisotopic (exact) mass is 432 g/mol. The van der Waals surface area contributed by atoms with Crippen LogP contribution in [0, 0.1) is 21.7 Å². The molecule has 0 aromatic rings. The average Bonchev–Trinajstić information content (AvgIpc) is 3.14. The zero-order valence-electron chi connectivity index (χ0n) is 9.85. The zero-order chi connectivity index (χ0) is 14.8. The quantitative estimate of drug-likeness (QED) is 0.394. The predicted molar refractivity (Wildman–Crippen MR) is 85.9 cm³/mol. The first-order chi connectivity index (χ1) is 8.83. The number of halogens is 8. The van der Waals surface area contributed by atoms with Crippen LogP contribution in [0.15, 0.2) is 0 Å². The first kappa shape index (κ1) is 14.6. The Morgan fingerprint density at radius 1 is 0.350 bits per heavy atom. The molecule has 20 heavy (non-hydrogen) atoms. The molecule has 5 fully saturated rings. The lowest BCUT2D eigenvalue weighted by atomic mass is 9.45. The summed E-state index contributed by atoms with van der Waals surface area (Å²) in [5, 5.41) is 0. The van der Waals surface area contributed by atoms with Crippen molar-refractivity contribution in [1.29, 1.82) is 0 Å². The molecule has 0 unspecified atom stereocenters. The second-order valence-electron chi connectivity index (χ2n) is 7.15. The molecule has 5 aliphatic carbocycles. The Morgan fingerprint density at radius 2 is 0.450 bits per heavy atom. The van der Waals surface area contributed by atoms with Crippen LogP contribution in [0.3, 0.4) is 0 Å². The van der Waals surface area contributed by atoms with E-state index in [1.807, 2.05) is 0 Å². The van der Waals surface area contributed by atoms with E-state index in [0.29, 0.717) is 25.7 Å². The Balaban J connectivity index is 1.76. The van der Waals surface area contributed by atoms with Crippen molar-refractivity contribution in [2.24, 2.45) is 21.7 Å². The predicted octanol–water partition coefficient (Wildman–Crippen LogP) is 6.26. The first-order valence-corrected chi connectivity index (χ1v) is 9.36. The summed E-state index contributed by atoms with van der Waals surface area (Å²) in [6.07, 6.45) is 2.38. The smallest absolute Gasteiger partial charge is 0.101 e. The third-order valence-electron chi connectivity index (χ3n) is 6.86. The van der Waals surface area contributed by atoms with Crippen molar-refractivity contribution in [3.05, 3.63) is 0 Å². The minimum atomic E-state index is -0.901. The van der Waals surface area contributed by atoms with Gasteiger partial charge in [-0.05, 0) is 25.7 Å². The van der Waals surface area contributed by atoms with Gasteiger partial charge in [-0.3, -0.25) is 0 Å². The summed E-state index contributed by atoms with van der Waals surface area (Å²) < 4.78 is -3.60. The number of hydrogen-bond acceptors (Lipinski definition) is 0. The van der Waals surface area contributed by atoms with Crippen LogP contribution in [0.25, 0.3) is 0 Å². The Labute approximate surface area is 156 Å². The highest BCUT2D eigenvalue weighted by molar-refractivity contribution is 6.59. The lowest BCUT2D eigenvalue weighted by Gasteiger charge is -2.60. The standard InChI is InChI=1S/C12H8Cl8/c13-9(14)1-5(9)6(2-10(6,15)16)8(4-12(8,19)20)7(5)3-11(7,17)18/h1-4H2. The van der Waals surface area contributed by atoms with E-state index < -0.39 is 39.0 Å². The van der Waals surface area contributed by atoms with Crippen LogP contribution in [0.2, 0.25) is 0 Å². The van der Waals surface area contributed by atoms with Crippen molar-refractivity contribution < 1.29 is 0 Å². The molecule has 0 nitrogen and oxygen atoms in total. The van der Waals surface area contributed by atoms with E-state index in [-0.39, 0.29) is 0 Å². The highest BCUT2D eigenvalue weighted by atomic mass is 35.5. The Kier molecular flexibility index (Phi) is 2.18. The summed E-state index contributed by atoms with van der Waals surface area (Å²) in [5.41, 5.74) is -1.85. The minimum Gasteiger partial charge on any atom is -0.101 e. The molecular weight excluding hydrogens is 428 g/mol. The van der Waals surface area contributed by atoms with Gasteiger partial charge in [0, 0.05) is 21.7 Å². The van der Waals surface area contributed by atoms with Crippen LogP contribution < -0.4 is 0 Å². The van der Waals surface area contributed by atoms with Gasteiger partial charge in [0.25, 0.3) is 0 Å². The van der Waals surface area contributed by atoms with E-state index in [0.717, 1.165) is 0 Å². The SMILES string of the molecule is ClC1(Cl)CC12C1(CC1(Cl)Cl)C1(CC1(Cl)Cl)C21CC1(Cl)Cl. The number of rotatable bonds is 0. The van der Waals surface area contributed by atoms with Crippen LogP contribution in [0.4, 0.5) is 0 Å². The molecule has 0 bridgehead atoms. The highest BCUT2D eigenvalue weighted by Gasteiger charge is 3.17. The summed E-state index contributed by atoms with van der Waals surface area (Å²) in [7, 11) is 0. The molecule has 0 saturated heterocycles. The molecule has 4 spiro atoms. The lowest BCUT2D eigenvalue weighted by Crippen LogP contribution is -2.64. The molecule has 112 valence electrons. The van der Waals surface area contributed by atoms with Crippen molar-refractivity contribution in [2.45, 2.75) is 43.0 Å². The lowest BCUT2D eigenvalue weighted by molar-refractivity contribution is -0.125. The maximum atomic E-state index is 6.50. The van der Waals surface area contributed by atoms with Gasteiger partial charge >= 0.3 is 0 Å². The molecule has 8 heteroatoms. The third-order valence-corrected chi connectivity index (χ3v) is 10.5. The summed E-state index contributed by atoms with van der Waals surface area (Å²) in [4.78, 5) is 0. The maximum Gasteiger partial charge on any atom is 0.126 e. The Hall–Kier alpha value is 2.32. The van der Waals surface area contributed by atoms with Crippen LogP contribution in [-0.4, -0.2) is 17.3 Å². The summed E-state index contributed by atoms with van der Waals surface area (Å²) >= 11 is 52.0. The largest absolute Gasteiger partial charge is 0.126 e. The van der Waals surface area contributed by atoms with Crippen LogP contribution in [0.1, 0.15) is 25.7 Å². The average molecular weight is 436 g/mol. The zero-order valence-corrected chi connectivity index (χ0v) is 15.9. The molecule has 0 heterocycles. The summed E-state index contributed by atoms with van der Waals surface area (Å²) in [5.74, 6) is 0. The number of alkyl halides is 8. The van der Waals surface area contributed by atoms with Crippen molar-refractivity contribution in [2.75, 3.05) is 0 Å². The topological polar surface area (TPSA) is 0 Å². The molecule has 0 aromatic carbocycles. The van der Waals surface area contributed by atoms with E-state index >= 15 is 0 Å². The molecule has 5 saturated carbocycles. The van der Waals surface area contributed by atoms with Gasteiger partial charge in [0.2, 0.25) is 0 Å². The number of hydrogen-bond donors (Lipinski definition) is 0. The van der Waals surface area contributed by atoms with Gasteiger partial charge in [-0.1, -0.05) is 0 Å². The van der Waals surface area contributed by atoms with Gasteiger partial charge in [-0.2, -0.15) is 0 Å². The van der Waals surface area contributed by atoms with Crippen molar-refractivity contribution >= 4 is 92.8 Å². The highest BCUT2D eigenvalue weighted by Crippen LogP contribution is 3.15. The third kappa shape index (κ3) is 0.930. The Bertz CT molecular complexity index is 476. The van der Waals surface area contributed by atoms with E-state index in [1.54, 1.807) is 0 Å². The molecule has 0 aromatic heterocycles. The van der Waals surface area contributed by atoms with Crippen molar-refractivity contribution in [3.8, 4) is 0 Å². The molecule has 0 atom stereocenters. The van der Waals surface area contributed by atoms with Crippen LogP contribution in [0.5, 0.6) is 0 Å². The van der Waals surface area contributed by atoms with Gasteiger partial charge < -0.3 is 0 Å². The fourth-order valence-electron chi connectivity index (χ4n) is 6.25. The molecule has 5 aliphatic rings. The van der Waals surface area contributed by atoms with Crippen LogP contribution >= 0.6 is 92.8 Å². The van der Waals surface area contributed by atoms with E-state index in [9.17, 15) is 0 Å². The van der Waals surface area contributed by atoms with Gasteiger partial charge in [-0.15, -0.1) is 92.8 Å². The first-order valence-electron chi connectivity index (χ1n) is 6.34. The van der Waals surface area contributed by atoms with Gasteiger partial charge in [0.05, 0.1) is 0 Å². The van der Waals surface area contributed by atoms with E-state index in [1.165, 1.54) is 0 Å². The maximum absolute atomic E-state index is 6.50. The molecule has 5 rings (SSSR count). The molecule has 0 N–H and O–H groups in total.